The summed E-state index contributed by atoms with van der Waals surface area (Å²) in [5.41, 5.74) is -0.382. The molecule has 0 unspecified atom stereocenters. The van der Waals surface area contributed by atoms with Crippen LogP contribution in [0.1, 0.15) is 0 Å². The Kier molecular flexibility index (Phi) is 7.76. The summed E-state index contributed by atoms with van der Waals surface area (Å²) >= 11 is 0. The monoisotopic (exact) mass is 384 g/mol. The SMILES string of the molecule is COc1ccc([N+]#N)c([N+](=O)[O-])c1.[Cl][Zn-2]([Cl])([Cl])[Cl]. The first-order chi connectivity index (χ1) is 8.19. The van der Waals surface area contributed by atoms with Gasteiger partial charge in [0.15, 0.2) is 4.98 Å². The fourth-order valence-corrected chi connectivity index (χ4v) is 0.861. The molecule has 0 aliphatic heterocycles. The van der Waals surface area contributed by atoms with E-state index in [1.165, 1.54) is 25.3 Å². The number of methoxy groups -OCH3 is 1. The number of benzene rings is 1. The van der Waals surface area contributed by atoms with Crippen LogP contribution in [-0.2, 0) is 10.8 Å². The predicted molar refractivity (Wildman–Crippen MR) is 67.8 cm³/mol. The van der Waals surface area contributed by atoms with Crippen molar-refractivity contribution in [2.24, 2.45) is 0 Å². The summed E-state index contributed by atoms with van der Waals surface area (Å²) < 4.78 is 4.78. The first-order valence-electron chi connectivity index (χ1n) is 4.43. The average Bonchev–Trinajstić information content (AvgIpc) is 2.25. The van der Waals surface area contributed by atoms with Gasteiger partial charge in [-0.05, 0) is 6.07 Å². The third-order valence-electron chi connectivity index (χ3n) is 1.49. The Morgan fingerprint density at radius 2 is 1.89 bits per heavy atom. The Hall–Kier alpha value is -0.377. The van der Waals surface area contributed by atoms with Gasteiger partial charge in [-0.1, -0.05) is 0 Å². The van der Waals surface area contributed by atoms with E-state index in [9.17, 15) is 10.1 Å². The summed E-state index contributed by atoms with van der Waals surface area (Å²) in [7, 11) is 18.2. The molecule has 0 saturated heterocycles. The van der Waals surface area contributed by atoms with E-state index in [1.54, 1.807) is 0 Å². The van der Waals surface area contributed by atoms with Crippen molar-refractivity contribution in [3.8, 4) is 5.75 Å². The van der Waals surface area contributed by atoms with Gasteiger partial charge < -0.3 is 4.74 Å². The number of nitro benzene ring substituents is 1. The Labute approximate surface area is 121 Å². The van der Waals surface area contributed by atoms with Crippen LogP contribution in [0.2, 0.25) is 0 Å². The van der Waals surface area contributed by atoms with E-state index in [0.717, 1.165) is 0 Å². The first kappa shape index (κ1) is 17.6. The molecular formula is C7H6Cl4N3O3Zn-. The standard InChI is InChI=1S/C7H6N3O3.4ClH.Zn/c1-13-5-2-3-6(9-8)7(4-5)10(11)12;;;;;/h2-4H,1H3;4*1H;/q+1;;;;;+2/p-4. The molecule has 0 atom stereocenters. The summed E-state index contributed by atoms with van der Waals surface area (Å²) in [6, 6.07) is 3.97. The van der Waals surface area contributed by atoms with E-state index >= 15 is 0 Å². The van der Waals surface area contributed by atoms with Crippen molar-refractivity contribution in [3.05, 3.63) is 33.3 Å². The number of ether oxygens (including phenoxy) is 1. The molecule has 11 heteroatoms. The number of nitro groups is 1. The number of nitrogens with zero attached hydrogens (tertiary/aromatic N) is 3. The van der Waals surface area contributed by atoms with Gasteiger partial charge in [0.05, 0.1) is 18.1 Å². The zero-order chi connectivity index (χ0) is 14.3. The number of diazo groups is 1. The second-order valence-electron chi connectivity index (χ2n) is 2.82. The molecule has 1 aromatic carbocycles. The molecule has 6 nitrogen and oxygen atoms in total. The number of halogens is 4. The molecular weight excluding hydrogens is 381 g/mol. The maximum absolute atomic E-state index is 10.4. The summed E-state index contributed by atoms with van der Waals surface area (Å²) in [5, 5.41) is 18.8. The Bertz CT molecular complexity index is 468. The van der Waals surface area contributed by atoms with E-state index in [4.69, 9.17) is 48.9 Å². The second-order valence-corrected chi connectivity index (χ2v) is 30.6. The van der Waals surface area contributed by atoms with Crippen molar-refractivity contribution < 1.29 is 20.5 Å². The number of rotatable bonds is 2. The van der Waals surface area contributed by atoms with Crippen LogP contribution in [0.4, 0.5) is 11.4 Å². The van der Waals surface area contributed by atoms with Gasteiger partial charge in [0.25, 0.3) is 0 Å². The molecule has 0 N–H and O–H groups in total. The van der Waals surface area contributed by atoms with Gasteiger partial charge >= 0.3 is 61.0 Å². The predicted octanol–water partition coefficient (Wildman–Crippen LogP) is 4.84. The van der Waals surface area contributed by atoms with Gasteiger partial charge in [-0.25, -0.2) is 0 Å². The second kappa shape index (κ2) is 7.93. The van der Waals surface area contributed by atoms with E-state index in [0.29, 0.717) is 5.75 Å². The van der Waals surface area contributed by atoms with Crippen LogP contribution in [0.3, 0.4) is 0 Å². The molecule has 0 heterocycles. The molecule has 0 spiro atoms. The van der Waals surface area contributed by atoms with Crippen LogP contribution in [0.5, 0.6) is 5.75 Å². The Morgan fingerprint density at radius 1 is 1.39 bits per heavy atom. The zero-order valence-electron chi connectivity index (χ0n) is 9.02. The molecule has 0 aliphatic carbocycles. The van der Waals surface area contributed by atoms with E-state index in [2.05, 4.69) is 4.98 Å². The molecule has 1 aromatic rings. The molecule has 0 saturated carbocycles. The van der Waals surface area contributed by atoms with E-state index in [1.807, 2.05) is 0 Å². The molecule has 98 valence electrons. The van der Waals surface area contributed by atoms with Gasteiger partial charge in [-0.15, -0.1) is 0 Å². The van der Waals surface area contributed by atoms with Crippen molar-refractivity contribution in [2.75, 3.05) is 7.11 Å². The molecule has 1 rings (SSSR count). The molecule has 0 amide bonds. The quantitative estimate of drug-likeness (QED) is 0.315. The van der Waals surface area contributed by atoms with Crippen molar-refractivity contribution in [1.82, 2.24) is 0 Å². The van der Waals surface area contributed by atoms with Crippen LogP contribution in [0, 0.1) is 15.5 Å². The molecule has 0 aromatic heterocycles. The van der Waals surface area contributed by atoms with Gasteiger partial charge in [-0.3, -0.25) is 10.1 Å². The van der Waals surface area contributed by atoms with Crippen LogP contribution >= 0.6 is 38.8 Å². The van der Waals surface area contributed by atoms with Gasteiger partial charge in [-0.2, -0.15) is 0 Å². The summed E-state index contributed by atoms with van der Waals surface area (Å²) in [5.74, 6) is 0.346. The molecule has 18 heavy (non-hydrogen) atoms. The van der Waals surface area contributed by atoms with Crippen molar-refractivity contribution in [3.63, 3.8) is 0 Å². The van der Waals surface area contributed by atoms with Crippen molar-refractivity contribution >= 4 is 50.1 Å². The fourth-order valence-electron chi connectivity index (χ4n) is 0.861. The number of hydrogen-bond donors (Lipinski definition) is 0. The van der Waals surface area contributed by atoms with E-state index in [-0.39, 0.29) is 11.4 Å². The third-order valence-corrected chi connectivity index (χ3v) is 1.49. The van der Waals surface area contributed by atoms with Crippen molar-refractivity contribution in [1.29, 1.82) is 5.39 Å². The van der Waals surface area contributed by atoms with Gasteiger partial charge in [0.1, 0.15) is 5.75 Å². The van der Waals surface area contributed by atoms with Crippen LogP contribution in [-0.4, -0.2) is 12.0 Å². The fraction of sp³-hybridized carbons (Fsp3) is 0.143. The van der Waals surface area contributed by atoms with Gasteiger partial charge in [0, 0.05) is 6.07 Å². The minimum atomic E-state index is -3.36. The molecule has 0 fully saturated rings. The first-order valence-corrected chi connectivity index (χ1v) is 20.0. The minimum absolute atomic E-state index is 0.0919. The maximum atomic E-state index is 10.4. The summed E-state index contributed by atoms with van der Waals surface area (Å²) in [6.45, 7) is 0. The molecule has 0 bridgehead atoms. The topological polar surface area (TPSA) is 80.5 Å². The van der Waals surface area contributed by atoms with Crippen LogP contribution in [0.15, 0.2) is 18.2 Å². The Balaban J connectivity index is 0.000000494. The van der Waals surface area contributed by atoms with E-state index < -0.39 is 15.7 Å². The molecule has 0 radical (unpaired) electrons. The zero-order valence-corrected chi connectivity index (χ0v) is 15.0. The van der Waals surface area contributed by atoms with Crippen molar-refractivity contribution in [2.45, 2.75) is 0 Å². The molecule has 0 aliphatic rings. The summed E-state index contributed by atoms with van der Waals surface area (Å²) in [4.78, 5) is 12.6. The summed E-state index contributed by atoms with van der Waals surface area (Å²) in [6.07, 6.45) is 0. The average molecular weight is 387 g/mol. The normalized spacial score (nSPS) is 9.78. The van der Waals surface area contributed by atoms with Crippen LogP contribution < -0.4 is 4.74 Å². The Morgan fingerprint density at radius 3 is 2.22 bits per heavy atom. The van der Waals surface area contributed by atoms with Crippen LogP contribution in [0.25, 0.3) is 4.98 Å². The van der Waals surface area contributed by atoms with Gasteiger partial charge in [0.2, 0.25) is 5.39 Å². The third kappa shape index (κ3) is 7.86. The number of hydrogen-bond acceptors (Lipinski definition) is 4.